The standard InChI is InChI=1S/C8H18O2.2C7H6O2/c1-5-8(4,10)7(2,3)6-9;2*8-7(9)6-4-2-1-3-5-6/h9-10H,5-6H2,1-4H3;2*1-5H,(H,8,9). The van der Waals surface area contributed by atoms with Crippen LogP contribution in [0.1, 0.15) is 54.8 Å². The van der Waals surface area contributed by atoms with Gasteiger partial charge in [-0.15, -0.1) is 0 Å². The van der Waals surface area contributed by atoms with Gasteiger partial charge in [0, 0.05) is 5.41 Å². The van der Waals surface area contributed by atoms with E-state index >= 15 is 0 Å². The van der Waals surface area contributed by atoms with E-state index in [2.05, 4.69) is 0 Å². The Morgan fingerprint density at radius 3 is 1.25 bits per heavy atom. The molecular formula is C22H30O6. The lowest BCUT2D eigenvalue weighted by molar-refractivity contribution is -0.0788. The van der Waals surface area contributed by atoms with Crippen LogP contribution in [-0.4, -0.2) is 44.6 Å². The highest BCUT2D eigenvalue weighted by Crippen LogP contribution is 2.32. The molecule has 154 valence electrons. The maximum absolute atomic E-state index is 10.2. The van der Waals surface area contributed by atoms with Crippen LogP contribution in [0.4, 0.5) is 0 Å². The van der Waals surface area contributed by atoms with Crippen LogP contribution in [0.25, 0.3) is 0 Å². The maximum Gasteiger partial charge on any atom is 0.335 e. The van der Waals surface area contributed by atoms with Gasteiger partial charge in [0.1, 0.15) is 0 Å². The number of hydrogen-bond donors (Lipinski definition) is 4. The van der Waals surface area contributed by atoms with Crippen molar-refractivity contribution >= 4 is 11.9 Å². The molecule has 2 rings (SSSR count). The number of rotatable bonds is 5. The van der Waals surface area contributed by atoms with Crippen LogP contribution in [0.3, 0.4) is 0 Å². The van der Waals surface area contributed by atoms with Gasteiger partial charge in [-0.05, 0) is 37.6 Å². The number of carboxylic acids is 2. The molecule has 0 aliphatic rings. The molecule has 28 heavy (non-hydrogen) atoms. The molecule has 0 radical (unpaired) electrons. The normalized spacial score (nSPS) is 12.4. The van der Waals surface area contributed by atoms with E-state index in [-0.39, 0.29) is 6.61 Å². The Morgan fingerprint density at radius 1 is 0.786 bits per heavy atom. The molecule has 0 saturated carbocycles. The van der Waals surface area contributed by atoms with Crippen molar-refractivity contribution in [2.24, 2.45) is 5.41 Å². The molecule has 0 saturated heterocycles. The zero-order valence-corrected chi connectivity index (χ0v) is 16.8. The van der Waals surface area contributed by atoms with Gasteiger partial charge in [-0.25, -0.2) is 9.59 Å². The van der Waals surface area contributed by atoms with Crippen molar-refractivity contribution < 1.29 is 30.0 Å². The van der Waals surface area contributed by atoms with E-state index in [1.807, 2.05) is 20.8 Å². The number of hydrogen-bond acceptors (Lipinski definition) is 4. The van der Waals surface area contributed by atoms with Crippen LogP contribution < -0.4 is 0 Å². The minimum Gasteiger partial charge on any atom is -0.478 e. The Hall–Kier alpha value is -2.70. The quantitative estimate of drug-likeness (QED) is 0.615. The zero-order valence-electron chi connectivity index (χ0n) is 16.8. The summed E-state index contributed by atoms with van der Waals surface area (Å²) in [5.41, 5.74) is -0.501. The molecule has 4 N–H and O–H groups in total. The van der Waals surface area contributed by atoms with Crippen LogP contribution in [0.15, 0.2) is 60.7 Å². The minimum atomic E-state index is -0.879. The average Bonchev–Trinajstić information content (AvgIpc) is 2.70. The van der Waals surface area contributed by atoms with Crippen molar-refractivity contribution in [3.63, 3.8) is 0 Å². The summed E-state index contributed by atoms with van der Waals surface area (Å²) in [7, 11) is 0. The Balaban J connectivity index is 0.000000391. The number of aliphatic hydroxyl groups is 2. The van der Waals surface area contributed by atoms with E-state index in [1.165, 1.54) is 0 Å². The Kier molecular flexibility index (Phi) is 10.7. The van der Waals surface area contributed by atoms with Crippen molar-refractivity contribution in [2.45, 2.75) is 39.7 Å². The highest BCUT2D eigenvalue weighted by Gasteiger charge is 2.36. The second-order valence-corrected chi connectivity index (χ2v) is 7.01. The molecule has 6 heteroatoms. The van der Waals surface area contributed by atoms with Crippen LogP contribution in [0.5, 0.6) is 0 Å². The summed E-state index contributed by atoms with van der Waals surface area (Å²) >= 11 is 0. The molecule has 2 aromatic carbocycles. The van der Waals surface area contributed by atoms with Gasteiger partial charge in [0.15, 0.2) is 0 Å². The van der Waals surface area contributed by atoms with Gasteiger partial charge in [-0.2, -0.15) is 0 Å². The van der Waals surface area contributed by atoms with Gasteiger partial charge in [-0.3, -0.25) is 0 Å². The monoisotopic (exact) mass is 390 g/mol. The summed E-state index contributed by atoms with van der Waals surface area (Å²) in [5, 5.41) is 35.4. The zero-order chi connectivity index (χ0) is 21.8. The van der Waals surface area contributed by atoms with E-state index in [4.69, 9.17) is 15.3 Å². The summed E-state index contributed by atoms with van der Waals surface area (Å²) in [6.45, 7) is 7.40. The van der Waals surface area contributed by atoms with Crippen LogP contribution >= 0.6 is 0 Å². The molecule has 0 aliphatic heterocycles. The van der Waals surface area contributed by atoms with Crippen molar-refractivity contribution in [3.8, 4) is 0 Å². The summed E-state index contributed by atoms with van der Waals surface area (Å²) in [6.07, 6.45) is 0.667. The van der Waals surface area contributed by atoms with Crippen molar-refractivity contribution in [3.05, 3.63) is 71.8 Å². The first kappa shape index (κ1) is 25.3. The highest BCUT2D eigenvalue weighted by atomic mass is 16.4. The molecule has 0 fully saturated rings. The molecule has 0 aromatic heterocycles. The van der Waals surface area contributed by atoms with Gasteiger partial charge in [0.25, 0.3) is 0 Å². The largest absolute Gasteiger partial charge is 0.478 e. The number of carboxylic acid groups (broad SMARTS) is 2. The van der Waals surface area contributed by atoms with Crippen LogP contribution in [0.2, 0.25) is 0 Å². The molecule has 6 nitrogen and oxygen atoms in total. The number of aliphatic hydroxyl groups excluding tert-OH is 1. The molecule has 0 bridgehead atoms. The first-order valence-corrected chi connectivity index (χ1v) is 8.88. The summed E-state index contributed by atoms with van der Waals surface area (Å²) in [5.74, 6) is -1.76. The fourth-order valence-electron chi connectivity index (χ4n) is 1.81. The minimum absolute atomic E-state index is 0.0217. The average molecular weight is 390 g/mol. The topological polar surface area (TPSA) is 115 Å². The molecular weight excluding hydrogens is 360 g/mol. The van der Waals surface area contributed by atoms with E-state index in [9.17, 15) is 14.7 Å². The van der Waals surface area contributed by atoms with Gasteiger partial charge < -0.3 is 20.4 Å². The molecule has 0 spiro atoms. The third-order valence-electron chi connectivity index (χ3n) is 4.58. The summed E-state index contributed by atoms with van der Waals surface area (Å²) < 4.78 is 0. The van der Waals surface area contributed by atoms with E-state index < -0.39 is 23.0 Å². The lowest BCUT2D eigenvalue weighted by Crippen LogP contribution is -2.43. The third-order valence-corrected chi connectivity index (χ3v) is 4.58. The van der Waals surface area contributed by atoms with Crippen LogP contribution in [0, 0.1) is 5.41 Å². The molecule has 0 aliphatic carbocycles. The lowest BCUT2D eigenvalue weighted by atomic mass is 9.75. The fourth-order valence-corrected chi connectivity index (χ4v) is 1.81. The number of benzene rings is 2. The van der Waals surface area contributed by atoms with E-state index in [0.717, 1.165) is 0 Å². The predicted octanol–water partition coefficient (Wildman–Crippen LogP) is 3.94. The van der Waals surface area contributed by atoms with Crippen LogP contribution in [-0.2, 0) is 0 Å². The molecule has 0 amide bonds. The van der Waals surface area contributed by atoms with Gasteiger partial charge in [-0.1, -0.05) is 57.2 Å². The Morgan fingerprint density at radius 2 is 1.11 bits per heavy atom. The van der Waals surface area contributed by atoms with Gasteiger partial charge >= 0.3 is 11.9 Å². The SMILES string of the molecule is CCC(C)(O)C(C)(C)CO.O=C(O)c1ccccc1.O=C(O)c1ccccc1. The first-order valence-electron chi connectivity index (χ1n) is 8.88. The van der Waals surface area contributed by atoms with E-state index in [0.29, 0.717) is 17.5 Å². The molecule has 2 aromatic rings. The van der Waals surface area contributed by atoms with Crippen molar-refractivity contribution in [2.75, 3.05) is 6.61 Å². The van der Waals surface area contributed by atoms with E-state index in [1.54, 1.807) is 67.6 Å². The van der Waals surface area contributed by atoms with Gasteiger partial charge in [0.2, 0.25) is 0 Å². The van der Waals surface area contributed by atoms with Gasteiger partial charge in [0.05, 0.1) is 23.3 Å². The lowest BCUT2D eigenvalue weighted by Gasteiger charge is -2.37. The predicted molar refractivity (Wildman–Crippen MR) is 109 cm³/mol. The fraction of sp³-hybridized carbons (Fsp3) is 0.364. The highest BCUT2D eigenvalue weighted by molar-refractivity contribution is 5.87. The summed E-state index contributed by atoms with van der Waals surface area (Å²) in [6, 6.07) is 16.6. The molecule has 1 atom stereocenters. The smallest absolute Gasteiger partial charge is 0.335 e. The third kappa shape index (κ3) is 8.79. The Labute approximate surface area is 166 Å². The second-order valence-electron chi connectivity index (χ2n) is 7.01. The first-order chi connectivity index (χ1) is 13.0. The number of carbonyl (C=O) groups is 2. The maximum atomic E-state index is 10.2. The number of aromatic carboxylic acids is 2. The van der Waals surface area contributed by atoms with Crippen molar-refractivity contribution in [1.29, 1.82) is 0 Å². The second kappa shape index (κ2) is 11.9. The Bertz CT molecular complexity index is 645. The molecule has 1 unspecified atom stereocenters. The van der Waals surface area contributed by atoms with Crippen molar-refractivity contribution in [1.82, 2.24) is 0 Å². The molecule has 0 heterocycles. The summed E-state index contributed by atoms with van der Waals surface area (Å²) in [4.78, 5) is 20.4.